The monoisotopic (exact) mass is 440 g/mol. The zero-order valence-electron chi connectivity index (χ0n) is 18.3. The Kier molecular flexibility index (Phi) is 6.16. The smallest absolute Gasteiger partial charge is 0.264 e. The maximum Gasteiger partial charge on any atom is 0.264 e. The van der Waals surface area contributed by atoms with Crippen LogP contribution in [0.3, 0.4) is 0 Å². The molecule has 1 unspecified atom stereocenters. The van der Waals surface area contributed by atoms with Gasteiger partial charge in [0, 0.05) is 37.0 Å². The number of aryl methyl sites for hydroxylation is 1. The number of pyridine rings is 1. The minimum absolute atomic E-state index is 0.00557. The Morgan fingerprint density at radius 3 is 2.69 bits per heavy atom. The van der Waals surface area contributed by atoms with Gasteiger partial charge in [-0.25, -0.2) is 23.7 Å². The lowest BCUT2D eigenvalue weighted by Gasteiger charge is -2.21. The van der Waals surface area contributed by atoms with Gasteiger partial charge in [0.25, 0.3) is 6.43 Å². The predicted octanol–water partition coefficient (Wildman–Crippen LogP) is 4.16. The van der Waals surface area contributed by atoms with Gasteiger partial charge in [-0.15, -0.1) is 0 Å². The van der Waals surface area contributed by atoms with Crippen LogP contribution in [-0.4, -0.2) is 40.0 Å². The molecule has 0 spiro atoms. The number of amides is 1. The van der Waals surface area contributed by atoms with E-state index in [2.05, 4.69) is 30.5 Å². The molecule has 7 nitrogen and oxygen atoms in total. The highest BCUT2D eigenvalue weighted by Gasteiger charge is 2.25. The molecule has 0 bridgehead atoms. The van der Waals surface area contributed by atoms with Crippen LogP contribution in [-0.2, 0) is 4.79 Å². The summed E-state index contributed by atoms with van der Waals surface area (Å²) in [5.41, 5.74) is 1.21. The quantitative estimate of drug-likeness (QED) is 0.599. The largest absolute Gasteiger partial charge is 0.363 e. The Balaban J connectivity index is 1.65. The van der Waals surface area contributed by atoms with Crippen molar-refractivity contribution >= 4 is 28.4 Å². The molecule has 2 N–H and O–H groups in total. The van der Waals surface area contributed by atoms with Crippen molar-refractivity contribution in [2.45, 2.75) is 45.7 Å². The number of carbonyl (C=O) groups excluding carboxylic acids is 1. The van der Waals surface area contributed by atoms with Gasteiger partial charge in [-0.3, -0.25) is 4.79 Å². The van der Waals surface area contributed by atoms with Crippen LogP contribution >= 0.6 is 0 Å². The van der Waals surface area contributed by atoms with E-state index in [1.165, 1.54) is 13.0 Å². The summed E-state index contributed by atoms with van der Waals surface area (Å²) in [4.78, 5) is 27.1. The molecule has 4 rings (SSSR count). The standard InChI is InChI=1S/C23H26F2N6O/c1-13(17-6-4-5-7-18(17)22(24)25)27-23-19-10-21(26-11-20(19)28-14(2)29-23)31-9-8-16(12-31)30-15(3)32/h4-7,10-11,13,16,22H,8-9,12H2,1-3H3,(H,30,32)(H,27,28,29)/t13?,16-/m1/s1. The zero-order valence-corrected chi connectivity index (χ0v) is 18.3. The summed E-state index contributed by atoms with van der Waals surface area (Å²) in [6.45, 7) is 6.59. The second-order valence-corrected chi connectivity index (χ2v) is 8.11. The topological polar surface area (TPSA) is 83.0 Å². The van der Waals surface area contributed by atoms with Gasteiger partial charge in [-0.2, -0.15) is 0 Å². The highest BCUT2D eigenvalue weighted by atomic mass is 19.3. The molecule has 2 aromatic heterocycles. The molecule has 32 heavy (non-hydrogen) atoms. The zero-order chi connectivity index (χ0) is 22.8. The summed E-state index contributed by atoms with van der Waals surface area (Å²) >= 11 is 0. The fraction of sp³-hybridized carbons (Fsp3) is 0.391. The van der Waals surface area contributed by atoms with Crippen molar-refractivity contribution in [1.29, 1.82) is 0 Å². The van der Waals surface area contributed by atoms with E-state index in [9.17, 15) is 13.6 Å². The Morgan fingerprint density at radius 1 is 1.22 bits per heavy atom. The Labute approximate surface area is 185 Å². The van der Waals surface area contributed by atoms with Crippen molar-refractivity contribution in [3.05, 3.63) is 53.5 Å². The maximum atomic E-state index is 13.5. The van der Waals surface area contributed by atoms with Gasteiger partial charge in [0.05, 0.1) is 17.8 Å². The molecule has 1 aliphatic heterocycles. The van der Waals surface area contributed by atoms with E-state index in [1.54, 1.807) is 31.3 Å². The number of nitrogens with one attached hydrogen (secondary N) is 2. The second kappa shape index (κ2) is 9.02. The summed E-state index contributed by atoms with van der Waals surface area (Å²) in [5, 5.41) is 7.02. The number of hydrogen-bond donors (Lipinski definition) is 2. The molecule has 1 amide bonds. The fourth-order valence-electron chi connectivity index (χ4n) is 4.18. The van der Waals surface area contributed by atoms with E-state index in [-0.39, 0.29) is 23.6 Å². The molecule has 1 aliphatic rings. The number of benzene rings is 1. The van der Waals surface area contributed by atoms with Crippen molar-refractivity contribution in [3.8, 4) is 0 Å². The van der Waals surface area contributed by atoms with Crippen LogP contribution in [0.15, 0.2) is 36.5 Å². The van der Waals surface area contributed by atoms with Gasteiger partial charge in [-0.1, -0.05) is 24.3 Å². The number of hydrogen-bond acceptors (Lipinski definition) is 6. The van der Waals surface area contributed by atoms with Crippen molar-refractivity contribution in [2.24, 2.45) is 0 Å². The third-order valence-corrected chi connectivity index (χ3v) is 5.65. The summed E-state index contributed by atoms with van der Waals surface area (Å²) in [6, 6.07) is 8.14. The number of alkyl halides is 2. The summed E-state index contributed by atoms with van der Waals surface area (Å²) in [6.07, 6.45) is -0.00793. The Morgan fingerprint density at radius 2 is 1.97 bits per heavy atom. The predicted molar refractivity (Wildman–Crippen MR) is 120 cm³/mol. The van der Waals surface area contributed by atoms with E-state index in [1.807, 2.05) is 13.0 Å². The van der Waals surface area contributed by atoms with Crippen molar-refractivity contribution < 1.29 is 13.6 Å². The minimum atomic E-state index is -2.55. The fourth-order valence-corrected chi connectivity index (χ4v) is 4.18. The summed E-state index contributed by atoms with van der Waals surface area (Å²) in [5.74, 6) is 1.86. The number of carbonyl (C=O) groups is 1. The first-order valence-corrected chi connectivity index (χ1v) is 10.6. The molecule has 1 aromatic carbocycles. The van der Waals surface area contributed by atoms with Crippen LogP contribution < -0.4 is 15.5 Å². The van der Waals surface area contributed by atoms with Gasteiger partial charge in [0.15, 0.2) is 0 Å². The number of anilines is 2. The van der Waals surface area contributed by atoms with Crippen LogP contribution in [0.5, 0.6) is 0 Å². The van der Waals surface area contributed by atoms with Crippen LogP contribution in [0.1, 0.15) is 49.7 Å². The molecule has 3 heterocycles. The van der Waals surface area contributed by atoms with Crippen molar-refractivity contribution in [1.82, 2.24) is 20.3 Å². The normalized spacial score (nSPS) is 17.1. The highest BCUT2D eigenvalue weighted by molar-refractivity contribution is 5.90. The average molecular weight is 440 g/mol. The Hall–Kier alpha value is -3.36. The molecular formula is C23H26F2N6O. The molecule has 0 aliphatic carbocycles. The lowest BCUT2D eigenvalue weighted by molar-refractivity contribution is -0.119. The number of aromatic nitrogens is 3. The van der Waals surface area contributed by atoms with Crippen LogP contribution in [0.2, 0.25) is 0 Å². The van der Waals surface area contributed by atoms with Crippen LogP contribution in [0.4, 0.5) is 20.4 Å². The van der Waals surface area contributed by atoms with E-state index in [0.717, 1.165) is 24.2 Å². The molecular weight excluding hydrogens is 414 g/mol. The summed E-state index contributed by atoms with van der Waals surface area (Å²) in [7, 11) is 0. The molecule has 0 radical (unpaired) electrons. The first-order valence-electron chi connectivity index (χ1n) is 10.6. The highest BCUT2D eigenvalue weighted by Crippen LogP contribution is 2.32. The number of halogens is 2. The number of nitrogens with zero attached hydrogens (tertiary/aromatic N) is 4. The number of fused-ring (bicyclic) bond motifs is 1. The number of rotatable bonds is 6. The Bertz CT molecular complexity index is 1140. The van der Waals surface area contributed by atoms with Crippen LogP contribution in [0.25, 0.3) is 10.9 Å². The van der Waals surface area contributed by atoms with E-state index >= 15 is 0 Å². The molecule has 9 heteroatoms. The first kappa shape index (κ1) is 21.9. The van der Waals surface area contributed by atoms with E-state index in [4.69, 9.17) is 0 Å². The van der Waals surface area contributed by atoms with Crippen molar-refractivity contribution in [2.75, 3.05) is 23.3 Å². The SMILES string of the molecule is CC(=O)N[C@@H]1CCN(c2cc3c(NC(C)c4ccccc4C(F)F)nc(C)nc3cn2)C1. The lowest BCUT2D eigenvalue weighted by atomic mass is 10.0. The van der Waals surface area contributed by atoms with Gasteiger partial charge in [-0.05, 0) is 31.9 Å². The van der Waals surface area contributed by atoms with E-state index < -0.39 is 6.43 Å². The lowest BCUT2D eigenvalue weighted by Crippen LogP contribution is -2.35. The van der Waals surface area contributed by atoms with Gasteiger partial charge in [0.2, 0.25) is 5.91 Å². The average Bonchev–Trinajstić information content (AvgIpc) is 3.21. The first-order chi connectivity index (χ1) is 15.3. The van der Waals surface area contributed by atoms with Gasteiger partial charge >= 0.3 is 0 Å². The molecule has 168 valence electrons. The molecule has 3 aromatic rings. The third-order valence-electron chi connectivity index (χ3n) is 5.65. The van der Waals surface area contributed by atoms with Gasteiger partial charge < -0.3 is 15.5 Å². The molecule has 2 atom stereocenters. The minimum Gasteiger partial charge on any atom is -0.363 e. The molecule has 0 saturated carbocycles. The molecule has 1 fully saturated rings. The van der Waals surface area contributed by atoms with Gasteiger partial charge in [0.1, 0.15) is 17.5 Å². The maximum absolute atomic E-state index is 13.5. The summed E-state index contributed by atoms with van der Waals surface area (Å²) < 4.78 is 27.0. The van der Waals surface area contributed by atoms with Crippen molar-refractivity contribution in [3.63, 3.8) is 0 Å². The third kappa shape index (κ3) is 4.61. The van der Waals surface area contributed by atoms with Crippen LogP contribution in [0, 0.1) is 6.92 Å². The van der Waals surface area contributed by atoms with E-state index in [0.29, 0.717) is 29.3 Å². The second-order valence-electron chi connectivity index (χ2n) is 8.11. The molecule has 1 saturated heterocycles.